The van der Waals surface area contributed by atoms with Gasteiger partial charge in [-0.05, 0) is 70.6 Å². The number of aromatic nitrogens is 5. The average Bonchev–Trinajstić information content (AvgIpc) is 3.55. The highest BCUT2D eigenvalue weighted by Gasteiger charge is 2.34. The van der Waals surface area contributed by atoms with Crippen LogP contribution in [-0.4, -0.2) is 30.8 Å². The second-order valence-corrected chi connectivity index (χ2v) is 14.7. The fourth-order valence-electron chi connectivity index (χ4n) is 7.38. The molecule has 276 valence electrons. The summed E-state index contributed by atoms with van der Waals surface area (Å²) in [6.45, 7) is 4.08. The number of hydrogen-bond acceptors (Lipinski definition) is 4. The maximum Gasteiger partial charge on any atom is 0.416 e. The van der Waals surface area contributed by atoms with Crippen molar-refractivity contribution in [2.45, 2.75) is 20.0 Å². The molecule has 0 aliphatic carbocycles. The van der Waals surface area contributed by atoms with Gasteiger partial charge >= 0.3 is 6.18 Å². The van der Waals surface area contributed by atoms with E-state index in [9.17, 15) is 0 Å². The Bertz CT molecular complexity index is 2860. The molecule has 57 heavy (non-hydrogen) atoms. The van der Waals surface area contributed by atoms with E-state index in [0.29, 0.717) is 48.1 Å². The second kappa shape index (κ2) is 14.4. The highest BCUT2D eigenvalue weighted by molar-refractivity contribution is 7.44. The SMILES string of the molecule is C=Pc1nc(-c2ccccc2)cc(-c2cc(C(F)(F)F)cc(-c3cc(-c4ccccc4)nc(-c4ccccc4)n3)c2-n2c3ccc(C)cc3c3cc(C)ccc32)n1. The first-order valence-electron chi connectivity index (χ1n) is 18.3. The number of fused-ring (bicyclic) bond motifs is 3. The van der Waals surface area contributed by atoms with Crippen LogP contribution in [0.2, 0.25) is 0 Å². The van der Waals surface area contributed by atoms with E-state index in [-0.39, 0.29) is 11.1 Å². The molecule has 9 rings (SSSR count). The number of rotatable bonds is 7. The topological polar surface area (TPSA) is 56.5 Å². The zero-order chi connectivity index (χ0) is 39.3. The molecule has 0 radical (unpaired) electrons. The molecule has 0 aliphatic heterocycles. The molecule has 0 unspecified atom stereocenters. The summed E-state index contributed by atoms with van der Waals surface area (Å²) in [5.41, 5.74) is 8.51. The minimum absolute atomic E-state index is 0.269. The Morgan fingerprint density at radius 3 is 1.44 bits per heavy atom. The number of benzene rings is 6. The maximum atomic E-state index is 15.3. The number of alkyl halides is 3. The lowest BCUT2D eigenvalue weighted by Crippen LogP contribution is -2.12. The van der Waals surface area contributed by atoms with Gasteiger partial charge in [-0.15, -0.1) is 0 Å². The summed E-state index contributed by atoms with van der Waals surface area (Å²) in [6.07, 6.45) is -0.671. The van der Waals surface area contributed by atoms with Crippen molar-refractivity contribution in [3.63, 3.8) is 0 Å². The van der Waals surface area contributed by atoms with Crippen LogP contribution in [0.1, 0.15) is 16.7 Å². The first-order chi connectivity index (χ1) is 27.6. The summed E-state index contributed by atoms with van der Waals surface area (Å²) in [5, 5.41) is 1.96. The van der Waals surface area contributed by atoms with Gasteiger partial charge in [0.25, 0.3) is 0 Å². The van der Waals surface area contributed by atoms with Crippen molar-refractivity contribution in [1.29, 1.82) is 0 Å². The Labute approximate surface area is 329 Å². The quantitative estimate of drug-likeness (QED) is 0.152. The molecule has 0 bridgehead atoms. The Balaban J connectivity index is 1.47. The minimum atomic E-state index is -4.71. The van der Waals surface area contributed by atoms with Gasteiger partial charge in [-0.3, -0.25) is 0 Å². The summed E-state index contributed by atoms with van der Waals surface area (Å²) in [6, 6.07) is 47.0. The lowest BCUT2D eigenvalue weighted by Gasteiger charge is -2.22. The van der Waals surface area contributed by atoms with Crippen molar-refractivity contribution in [3.05, 3.63) is 168 Å². The third kappa shape index (κ3) is 6.79. The van der Waals surface area contributed by atoms with Crippen molar-refractivity contribution < 1.29 is 13.2 Å². The first-order valence-corrected chi connectivity index (χ1v) is 19.4. The summed E-state index contributed by atoms with van der Waals surface area (Å²) >= 11 is 0. The Morgan fingerprint density at radius 1 is 0.509 bits per heavy atom. The Kier molecular flexibility index (Phi) is 9.07. The fraction of sp³-hybridized carbons (Fsp3) is 0.0625. The lowest BCUT2D eigenvalue weighted by atomic mass is 9.95. The van der Waals surface area contributed by atoms with Gasteiger partial charge < -0.3 is 4.57 Å². The molecule has 0 aliphatic rings. The molecule has 3 heterocycles. The van der Waals surface area contributed by atoms with Crippen molar-refractivity contribution in [2.24, 2.45) is 0 Å². The predicted molar refractivity (Wildman–Crippen MR) is 227 cm³/mol. The molecule has 3 aromatic heterocycles. The summed E-state index contributed by atoms with van der Waals surface area (Å²) in [5.74, 6) is 0.386. The largest absolute Gasteiger partial charge is 0.416 e. The van der Waals surface area contributed by atoms with E-state index in [1.165, 1.54) is 12.1 Å². The normalized spacial score (nSPS) is 11.8. The molecule has 0 N–H and O–H groups in total. The van der Waals surface area contributed by atoms with Gasteiger partial charge in [0.2, 0.25) is 0 Å². The van der Waals surface area contributed by atoms with Crippen molar-refractivity contribution in [1.82, 2.24) is 24.5 Å². The van der Waals surface area contributed by atoms with Gasteiger partial charge in [0.1, 0.15) is 0 Å². The van der Waals surface area contributed by atoms with Crippen molar-refractivity contribution in [2.75, 3.05) is 0 Å². The van der Waals surface area contributed by atoms with Crippen LogP contribution in [0.25, 0.3) is 83.9 Å². The Morgan fingerprint density at radius 2 is 0.947 bits per heavy atom. The van der Waals surface area contributed by atoms with Crippen molar-refractivity contribution in [3.8, 4) is 62.1 Å². The molecular weight excluding hydrogens is 735 g/mol. The van der Waals surface area contributed by atoms with E-state index >= 15 is 13.2 Å². The van der Waals surface area contributed by atoms with Crippen LogP contribution in [0.4, 0.5) is 13.2 Å². The zero-order valence-corrected chi connectivity index (χ0v) is 31.9. The van der Waals surface area contributed by atoms with Gasteiger partial charge in [0.05, 0.1) is 45.1 Å². The van der Waals surface area contributed by atoms with E-state index in [1.807, 2.05) is 129 Å². The van der Waals surface area contributed by atoms with Gasteiger partial charge in [0.15, 0.2) is 11.4 Å². The van der Waals surface area contributed by atoms with Crippen molar-refractivity contribution >= 4 is 41.9 Å². The molecule has 0 spiro atoms. The highest BCUT2D eigenvalue weighted by Crippen LogP contribution is 2.45. The third-order valence-corrected chi connectivity index (χ3v) is 10.5. The van der Waals surface area contributed by atoms with E-state index < -0.39 is 11.7 Å². The minimum Gasteiger partial charge on any atom is -0.308 e. The van der Waals surface area contributed by atoms with Crippen LogP contribution >= 0.6 is 8.20 Å². The number of halogens is 3. The molecule has 0 saturated carbocycles. The molecule has 9 aromatic rings. The maximum absolute atomic E-state index is 15.3. The summed E-state index contributed by atoms with van der Waals surface area (Å²) in [4.78, 5) is 19.7. The summed E-state index contributed by atoms with van der Waals surface area (Å²) < 4.78 is 48.1. The van der Waals surface area contributed by atoms with E-state index in [2.05, 4.69) is 23.0 Å². The van der Waals surface area contributed by atoms with Crippen LogP contribution in [0.5, 0.6) is 0 Å². The number of aryl methyl sites for hydroxylation is 2. The van der Waals surface area contributed by atoms with E-state index in [0.717, 1.165) is 49.6 Å². The Hall–Kier alpha value is -6.76. The van der Waals surface area contributed by atoms with Crippen LogP contribution in [0, 0.1) is 13.8 Å². The molecule has 0 saturated heterocycles. The van der Waals surface area contributed by atoms with Crippen LogP contribution in [0.15, 0.2) is 152 Å². The smallest absolute Gasteiger partial charge is 0.308 e. The standard InChI is InChI=1S/C48H33F3N5P/c1-29-19-21-43-35(23-29)36-24-30(2)20-22-44(36)56(43)45-37(41-27-39(31-13-7-4-8-14-31)52-46(53-41)33-17-11-6-12-18-33)25-34(48(49,50)51)26-38(45)42-28-40(54-47(55-42)57-3)32-15-9-5-10-16-32/h4-28H,3H2,1-2H3. The molecule has 5 nitrogen and oxygen atoms in total. The third-order valence-electron chi connectivity index (χ3n) is 10.0. The molecule has 0 amide bonds. The van der Waals surface area contributed by atoms with Gasteiger partial charge in [0, 0.05) is 38.6 Å². The van der Waals surface area contributed by atoms with Gasteiger partial charge in [-0.25, -0.2) is 19.9 Å². The fourth-order valence-corrected chi connectivity index (χ4v) is 7.74. The molecule has 0 atom stereocenters. The predicted octanol–water partition coefficient (Wildman–Crippen LogP) is 12.3. The highest BCUT2D eigenvalue weighted by atomic mass is 31.1. The number of hydrogen-bond donors (Lipinski definition) is 0. The van der Waals surface area contributed by atoms with Crippen LogP contribution in [-0.2, 0) is 6.18 Å². The second-order valence-electron chi connectivity index (χ2n) is 14.0. The van der Waals surface area contributed by atoms with Gasteiger partial charge in [-0.1, -0.05) is 121 Å². The lowest BCUT2D eigenvalue weighted by molar-refractivity contribution is -0.137. The van der Waals surface area contributed by atoms with E-state index in [1.54, 1.807) is 12.1 Å². The summed E-state index contributed by atoms with van der Waals surface area (Å²) in [7, 11) is 0.516. The monoisotopic (exact) mass is 767 g/mol. The molecule has 6 aromatic carbocycles. The first kappa shape index (κ1) is 35.9. The molecule has 9 heteroatoms. The number of nitrogens with zero attached hydrogens (tertiary/aromatic N) is 5. The van der Waals surface area contributed by atoms with Crippen LogP contribution < -0.4 is 5.57 Å². The van der Waals surface area contributed by atoms with Crippen LogP contribution in [0.3, 0.4) is 0 Å². The van der Waals surface area contributed by atoms with Gasteiger partial charge in [-0.2, -0.15) is 13.2 Å². The molecular formula is C48H33F3N5P. The zero-order valence-electron chi connectivity index (χ0n) is 31.0. The molecule has 0 fully saturated rings. The van der Waals surface area contributed by atoms with E-state index in [4.69, 9.17) is 19.9 Å². The average molecular weight is 768 g/mol.